The Morgan fingerprint density at radius 1 is 1.38 bits per heavy atom. The zero-order valence-electron chi connectivity index (χ0n) is 17.1. The molecular weight excluding hydrogens is 392 g/mol. The highest BCUT2D eigenvalue weighted by molar-refractivity contribution is 7.15. The molecule has 29 heavy (non-hydrogen) atoms. The lowest BCUT2D eigenvalue weighted by Crippen LogP contribution is -2.44. The number of likely N-dealkylation sites (tertiary alicyclic amines) is 1. The zero-order valence-corrected chi connectivity index (χ0v) is 17.9. The Balaban J connectivity index is 1.67. The van der Waals surface area contributed by atoms with Gasteiger partial charge in [-0.15, -0.1) is 11.3 Å². The van der Waals surface area contributed by atoms with Crippen molar-refractivity contribution in [3.8, 4) is 0 Å². The Hall–Kier alpha value is -2.00. The van der Waals surface area contributed by atoms with Crippen LogP contribution < -0.4 is 10.8 Å². The number of anilines is 1. The van der Waals surface area contributed by atoms with Gasteiger partial charge in [-0.1, -0.05) is 19.8 Å². The predicted octanol–water partition coefficient (Wildman–Crippen LogP) is 2.86. The second kappa shape index (κ2) is 9.21. The monoisotopic (exact) mass is 422 g/mol. The van der Waals surface area contributed by atoms with E-state index < -0.39 is 11.9 Å². The average Bonchev–Trinajstić information content (AvgIpc) is 3.13. The lowest BCUT2D eigenvalue weighted by molar-refractivity contribution is -0.138. The molecule has 2 heterocycles. The van der Waals surface area contributed by atoms with E-state index in [0.29, 0.717) is 18.1 Å². The standard InChI is InChI=1S/C20H30N4O4S/c1-3-4-5-14(8-16(25)23-28)9-17(26)24-12-20(6-7-20)10-15(24)18(27)22-19-21-11-13(2)29-19/h11,14-15,28H,3-10,12H2,1-2H3,(H,23,25)(H,21,22,27)/t14-,15-/m0/s1. The third kappa shape index (κ3) is 5.54. The van der Waals surface area contributed by atoms with E-state index in [1.807, 2.05) is 6.92 Å². The number of carbonyl (C=O) groups is 3. The first-order chi connectivity index (χ1) is 13.9. The molecular formula is C20H30N4O4S. The van der Waals surface area contributed by atoms with Gasteiger partial charge in [-0.2, -0.15) is 0 Å². The van der Waals surface area contributed by atoms with Gasteiger partial charge in [0.2, 0.25) is 17.7 Å². The molecule has 2 fully saturated rings. The second-order valence-corrected chi connectivity index (χ2v) is 9.69. The molecule has 2 aliphatic rings. The number of aromatic nitrogens is 1. The van der Waals surface area contributed by atoms with Crippen LogP contribution in [0.4, 0.5) is 5.13 Å². The number of unbranched alkanes of at least 4 members (excludes halogenated alkanes) is 1. The van der Waals surface area contributed by atoms with Gasteiger partial charge in [-0.3, -0.25) is 19.6 Å². The molecule has 0 bridgehead atoms. The summed E-state index contributed by atoms with van der Waals surface area (Å²) in [5, 5.41) is 12.2. The molecule has 1 spiro atoms. The van der Waals surface area contributed by atoms with Crippen molar-refractivity contribution in [2.75, 3.05) is 11.9 Å². The number of rotatable bonds is 9. The van der Waals surface area contributed by atoms with Gasteiger partial charge in [0.05, 0.1) is 0 Å². The maximum Gasteiger partial charge on any atom is 0.248 e. The first kappa shape index (κ1) is 21.7. The summed E-state index contributed by atoms with van der Waals surface area (Å²) < 4.78 is 0. The number of nitrogens with one attached hydrogen (secondary N) is 2. The third-order valence-electron chi connectivity index (χ3n) is 5.97. The molecule has 3 rings (SSSR count). The molecule has 1 saturated carbocycles. The molecule has 8 nitrogen and oxygen atoms in total. The molecule has 3 amide bonds. The van der Waals surface area contributed by atoms with E-state index in [0.717, 1.165) is 37.0 Å². The lowest BCUT2D eigenvalue weighted by Gasteiger charge is -2.26. The minimum atomic E-state index is -0.493. The van der Waals surface area contributed by atoms with E-state index in [1.54, 1.807) is 16.6 Å². The van der Waals surface area contributed by atoms with Crippen LogP contribution in [0, 0.1) is 18.3 Å². The quantitative estimate of drug-likeness (QED) is 0.418. The van der Waals surface area contributed by atoms with Crippen LogP contribution in [0.25, 0.3) is 0 Å². The fourth-order valence-electron chi connectivity index (χ4n) is 4.13. The van der Waals surface area contributed by atoms with Crippen LogP contribution in [0.3, 0.4) is 0 Å². The smallest absolute Gasteiger partial charge is 0.248 e. The van der Waals surface area contributed by atoms with Gasteiger partial charge in [0.25, 0.3) is 0 Å². The lowest BCUT2D eigenvalue weighted by atomic mass is 9.94. The summed E-state index contributed by atoms with van der Waals surface area (Å²) in [5.74, 6) is -0.895. The summed E-state index contributed by atoms with van der Waals surface area (Å²) in [6.07, 6.45) is 7.43. The molecule has 3 N–H and O–H groups in total. The van der Waals surface area contributed by atoms with E-state index in [9.17, 15) is 14.4 Å². The van der Waals surface area contributed by atoms with E-state index in [2.05, 4.69) is 17.2 Å². The molecule has 1 aliphatic heterocycles. The number of hydrogen-bond acceptors (Lipinski definition) is 6. The number of hydrogen-bond donors (Lipinski definition) is 3. The van der Waals surface area contributed by atoms with Crippen molar-refractivity contribution in [3.05, 3.63) is 11.1 Å². The fraction of sp³-hybridized carbons (Fsp3) is 0.700. The third-order valence-corrected chi connectivity index (χ3v) is 6.80. The van der Waals surface area contributed by atoms with Crippen molar-refractivity contribution in [2.45, 2.75) is 71.3 Å². The maximum absolute atomic E-state index is 13.1. The van der Waals surface area contributed by atoms with Crippen molar-refractivity contribution >= 4 is 34.2 Å². The fourth-order valence-corrected chi connectivity index (χ4v) is 4.80. The van der Waals surface area contributed by atoms with Crippen LogP contribution in [-0.4, -0.2) is 45.4 Å². The molecule has 1 aliphatic carbocycles. The van der Waals surface area contributed by atoms with Gasteiger partial charge in [-0.05, 0) is 43.9 Å². The van der Waals surface area contributed by atoms with Crippen LogP contribution in [0.15, 0.2) is 6.20 Å². The highest BCUT2D eigenvalue weighted by Crippen LogP contribution is 2.55. The SMILES string of the molecule is CCCC[C@@H](CC(=O)NO)CC(=O)N1CC2(CC2)C[C@H]1C(=O)Nc1ncc(C)s1. The Morgan fingerprint density at radius 2 is 2.14 bits per heavy atom. The van der Waals surface area contributed by atoms with Gasteiger partial charge >= 0.3 is 0 Å². The summed E-state index contributed by atoms with van der Waals surface area (Å²) in [7, 11) is 0. The number of thiazole rings is 1. The number of hydroxylamine groups is 1. The molecule has 0 unspecified atom stereocenters. The molecule has 1 saturated heterocycles. The Bertz CT molecular complexity index is 761. The van der Waals surface area contributed by atoms with Crippen LogP contribution in [-0.2, 0) is 14.4 Å². The van der Waals surface area contributed by atoms with Gasteiger partial charge in [0, 0.05) is 30.5 Å². The minimum Gasteiger partial charge on any atom is -0.330 e. The maximum atomic E-state index is 13.1. The van der Waals surface area contributed by atoms with E-state index in [4.69, 9.17) is 5.21 Å². The van der Waals surface area contributed by atoms with Gasteiger partial charge in [-0.25, -0.2) is 10.5 Å². The van der Waals surface area contributed by atoms with E-state index >= 15 is 0 Å². The van der Waals surface area contributed by atoms with Gasteiger partial charge in [0.1, 0.15) is 6.04 Å². The summed E-state index contributed by atoms with van der Waals surface area (Å²) in [5.41, 5.74) is 1.74. The minimum absolute atomic E-state index is 0.0812. The van der Waals surface area contributed by atoms with Crippen molar-refractivity contribution in [1.82, 2.24) is 15.4 Å². The number of amides is 3. The molecule has 1 aromatic heterocycles. The summed E-state index contributed by atoms with van der Waals surface area (Å²) >= 11 is 1.41. The number of nitrogens with zero attached hydrogens (tertiary/aromatic N) is 2. The first-order valence-electron chi connectivity index (χ1n) is 10.3. The highest BCUT2D eigenvalue weighted by atomic mass is 32.1. The molecule has 2 atom stereocenters. The number of carbonyl (C=O) groups excluding carboxylic acids is 3. The molecule has 0 radical (unpaired) electrons. The zero-order chi connectivity index (χ0) is 21.0. The van der Waals surface area contributed by atoms with Crippen LogP contribution in [0.5, 0.6) is 0 Å². The average molecular weight is 423 g/mol. The van der Waals surface area contributed by atoms with Crippen LogP contribution >= 0.6 is 11.3 Å². The Kier molecular flexibility index (Phi) is 6.89. The molecule has 160 valence electrons. The topological polar surface area (TPSA) is 112 Å². The molecule has 0 aromatic carbocycles. The summed E-state index contributed by atoms with van der Waals surface area (Å²) in [6.45, 7) is 4.59. The molecule has 9 heteroatoms. The normalized spacial score (nSPS) is 20.5. The van der Waals surface area contributed by atoms with Crippen LogP contribution in [0.1, 0.15) is 63.2 Å². The Morgan fingerprint density at radius 3 is 2.72 bits per heavy atom. The van der Waals surface area contributed by atoms with Crippen LogP contribution in [0.2, 0.25) is 0 Å². The van der Waals surface area contributed by atoms with E-state index in [1.165, 1.54) is 11.3 Å². The number of aryl methyl sites for hydroxylation is 1. The van der Waals surface area contributed by atoms with Crippen molar-refractivity contribution < 1.29 is 19.6 Å². The van der Waals surface area contributed by atoms with Crippen molar-refractivity contribution in [1.29, 1.82) is 0 Å². The second-order valence-electron chi connectivity index (χ2n) is 8.46. The Labute approximate surface area is 175 Å². The van der Waals surface area contributed by atoms with Gasteiger partial charge < -0.3 is 10.2 Å². The van der Waals surface area contributed by atoms with Crippen molar-refractivity contribution in [3.63, 3.8) is 0 Å². The first-order valence-corrected chi connectivity index (χ1v) is 11.1. The van der Waals surface area contributed by atoms with Crippen molar-refractivity contribution in [2.24, 2.45) is 11.3 Å². The predicted molar refractivity (Wildman–Crippen MR) is 109 cm³/mol. The summed E-state index contributed by atoms with van der Waals surface area (Å²) in [6, 6.07) is -0.493. The molecule has 1 aromatic rings. The largest absolute Gasteiger partial charge is 0.330 e. The summed E-state index contributed by atoms with van der Waals surface area (Å²) in [4.78, 5) is 44.5. The highest BCUT2D eigenvalue weighted by Gasteiger charge is 2.55. The van der Waals surface area contributed by atoms with Gasteiger partial charge in [0.15, 0.2) is 5.13 Å². The van der Waals surface area contributed by atoms with E-state index in [-0.39, 0.29) is 36.0 Å².